The van der Waals surface area contributed by atoms with Crippen LogP contribution in [-0.2, 0) is 0 Å². The lowest BCUT2D eigenvalue weighted by atomic mass is 10.0. The predicted molar refractivity (Wildman–Crippen MR) is 164 cm³/mol. The molecule has 4 heterocycles. The zero-order chi connectivity index (χ0) is 25.8. The fourth-order valence-electron chi connectivity index (χ4n) is 5.81. The molecule has 0 fully saturated rings. The summed E-state index contributed by atoms with van der Waals surface area (Å²) < 4.78 is 0. The number of hydrogen-bond acceptors (Lipinski definition) is 4. The number of allylic oxidation sites excluding steroid dienone is 2. The van der Waals surface area contributed by atoms with E-state index in [2.05, 4.69) is 82.9 Å². The molecule has 4 bridgehead atoms. The molecule has 38 heavy (non-hydrogen) atoms. The Morgan fingerprint density at radius 1 is 0.447 bits per heavy atom. The van der Waals surface area contributed by atoms with Crippen molar-refractivity contribution < 1.29 is 0 Å². The Labute approximate surface area is 229 Å². The number of hydrogen-bond donors (Lipinski definition) is 0. The van der Waals surface area contributed by atoms with Gasteiger partial charge in [-0.05, 0) is 50.0 Å². The van der Waals surface area contributed by atoms with Crippen LogP contribution >= 0.6 is 0 Å². The Bertz CT molecular complexity index is 1070. The molecule has 4 aliphatic heterocycles. The van der Waals surface area contributed by atoms with Crippen molar-refractivity contribution in [2.75, 3.05) is 36.0 Å². The van der Waals surface area contributed by atoms with Gasteiger partial charge in [-0.2, -0.15) is 0 Å². The topological polar surface area (TPSA) is 31.2 Å². The zero-order valence-electron chi connectivity index (χ0n) is 23.0. The first-order valence-corrected chi connectivity index (χ1v) is 15.1. The predicted octanol–water partition coefficient (Wildman–Crippen LogP) is 8.33. The summed E-state index contributed by atoms with van der Waals surface area (Å²) >= 11 is 0. The van der Waals surface area contributed by atoms with Gasteiger partial charge >= 0.3 is 0 Å². The Hall–Kier alpha value is -3.14. The highest BCUT2D eigenvalue weighted by Gasteiger charge is 2.17. The lowest BCUT2D eigenvalue weighted by Gasteiger charge is -2.27. The average molecular weight is 509 g/mol. The monoisotopic (exact) mass is 508 g/mol. The van der Waals surface area contributed by atoms with Crippen LogP contribution in [0.15, 0.2) is 83.1 Å². The largest absolute Gasteiger partial charge is 0.347 e. The van der Waals surface area contributed by atoms with E-state index in [9.17, 15) is 0 Å². The summed E-state index contributed by atoms with van der Waals surface area (Å²) in [5.74, 6) is 0. The number of nitrogens with zero attached hydrogens (tertiary/aromatic N) is 4. The van der Waals surface area contributed by atoms with Crippen molar-refractivity contribution in [2.24, 2.45) is 9.98 Å². The second-order valence-electron chi connectivity index (χ2n) is 10.8. The van der Waals surface area contributed by atoms with Crippen molar-refractivity contribution in [3.63, 3.8) is 0 Å². The lowest BCUT2D eigenvalue weighted by molar-refractivity contribution is 0.596. The van der Waals surface area contributed by atoms with E-state index in [1.54, 1.807) is 0 Å². The summed E-state index contributed by atoms with van der Waals surface area (Å²) in [7, 11) is 0. The second kappa shape index (κ2) is 14.1. The summed E-state index contributed by atoms with van der Waals surface area (Å²) in [6, 6.07) is 17.6. The molecule has 0 amide bonds. The molecule has 2 aromatic rings. The molecule has 4 aliphatic rings. The summed E-state index contributed by atoms with van der Waals surface area (Å²) in [6.45, 7) is 4.01. The highest BCUT2D eigenvalue weighted by atomic mass is 15.1. The van der Waals surface area contributed by atoms with Gasteiger partial charge in [0.15, 0.2) is 0 Å². The van der Waals surface area contributed by atoms with Gasteiger partial charge in [-0.25, -0.2) is 0 Å². The maximum absolute atomic E-state index is 4.99. The third-order valence-electron chi connectivity index (χ3n) is 7.98. The van der Waals surface area contributed by atoms with E-state index in [0.29, 0.717) is 0 Å². The SMILES string of the molecule is C1=CN2CCCCCCCCN3C=CC(=NCCCCCCCCN=C1c1ccccc12)c1ccccc13. The number of rotatable bonds is 0. The molecule has 0 saturated carbocycles. The Morgan fingerprint density at radius 2 is 0.842 bits per heavy atom. The molecule has 2 aromatic carbocycles. The molecule has 0 saturated heterocycles. The Morgan fingerprint density at radius 3 is 1.32 bits per heavy atom. The Balaban J connectivity index is 1.20. The van der Waals surface area contributed by atoms with Crippen LogP contribution in [0.4, 0.5) is 11.4 Å². The van der Waals surface area contributed by atoms with Gasteiger partial charge in [-0.15, -0.1) is 0 Å². The third kappa shape index (κ3) is 7.03. The molecule has 0 radical (unpaired) electrons. The molecule has 0 aliphatic carbocycles. The molecule has 0 N–H and O–H groups in total. The quantitative estimate of drug-likeness (QED) is 0.358. The molecule has 200 valence electrons. The molecule has 0 unspecified atom stereocenters. The van der Waals surface area contributed by atoms with Crippen molar-refractivity contribution in [3.8, 4) is 0 Å². The van der Waals surface area contributed by atoms with Crippen molar-refractivity contribution in [3.05, 3.63) is 84.2 Å². The van der Waals surface area contributed by atoms with E-state index < -0.39 is 0 Å². The molecule has 4 nitrogen and oxygen atoms in total. The normalized spacial score (nSPS) is 20.0. The van der Waals surface area contributed by atoms with Crippen LogP contribution in [0.3, 0.4) is 0 Å². The number of anilines is 2. The molecule has 6 rings (SSSR count). The number of benzene rings is 2. The van der Waals surface area contributed by atoms with Crippen LogP contribution in [0.2, 0.25) is 0 Å². The van der Waals surface area contributed by atoms with Gasteiger partial charge < -0.3 is 9.80 Å². The standard InChI is InChI=1S/C34H44N4/c1-2-6-14-24-36-32-22-28-38(34-20-12-10-18-30(32)34)26-16-8-4-3-7-15-25-37-27-21-31(35-23-13-5-1)29-17-9-11-19-33(29)37/h9-12,17-22,27-28H,1-8,13-16,23-26H2. The van der Waals surface area contributed by atoms with E-state index in [1.807, 2.05) is 0 Å². The molecule has 0 atom stereocenters. The van der Waals surface area contributed by atoms with Crippen molar-refractivity contribution >= 4 is 22.8 Å². The first kappa shape index (κ1) is 26.5. The zero-order valence-corrected chi connectivity index (χ0v) is 23.0. The minimum absolute atomic E-state index is 0.921. The van der Waals surface area contributed by atoms with Gasteiger partial charge in [0.2, 0.25) is 0 Å². The smallest absolute Gasteiger partial charge is 0.0682 e. The minimum Gasteiger partial charge on any atom is -0.347 e. The minimum atomic E-state index is 0.921. The van der Waals surface area contributed by atoms with E-state index >= 15 is 0 Å². The van der Waals surface area contributed by atoms with E-state index in [4.69, 9.17) is 9.98 Å². The summed E-state index contributed by atoms with van der Waals surface area (Å²) in [4.78, 5) is 14.8. The van der Waals surface area contributed by atoms with Crippen LogP contribution in [0.25, 0.3) is 0 Å². The average Bonchev–Trinajstić information content (AvgIpc) is 2.96. The summed E-state index contributed by atoms with van der Waals surface area (Å²) in [6.07, 6.45) is 24.1. The van der Waals surface area contributed by atoms with Gasteiger partial charge in [0.05, 0.1) is 22.8 Å². The third-order valence-corrected chi connectivity index (χ3v) is 7.98. The van der Waals surface area contributed by atoms with Gasteiger partial charge in [-0.1, -0.05) is 87.8 Å². The molecule has 4 heteroatoms. The molecular weight excluding hydrogens is 464 g/mol. The lowest BCUT2D eigenvalue weighted by Crippen LogP contribution is -2.24. The first-order chi connectivity index (χ1) is 18.9. The number of para-hydroxylation sites is 2. The van der Waals surface area contributed by atoms with Crippen molar-refractivity contribution in [1.29, 1.82) is 0 Å². The second-order valence-corrected chi connectivity index (χ2v) is 10.8. The van der Waals surface area contributed by atoms with Gasteiger partial charge in [-0.3, -0.25) is 9.98 Å². The van der Waals surface area contributed by atoms with Crippen LogP contribution in [0.5, 0.6) is 0 Å². The number of aliphatic imine (C=N–C) groups is 2. The maximum atomic E-state index is 4.99. The van der Waals surface area contributed by atoms with Crippen molar-refractivity contribution in [1.82, 2.24) is 0 Å². The summed E-state index contributed by atoms with van der Waals surface area (Å²) in [5, 5.41) is 0. The Kier molecular flexibility index (Phi) is 9.84. The van der Waals surface area contributed by atoms with Crippen molar-refractivity contribution in [2.45, 2.75) is 77.0 Å². The van der Waals surface area contributed by atoms with Gasteiger partial charge in [0.1, 0.15) is 0 Å². The van der Waals surface area contributed by atoms with E-state index in [-0.39, 0.29) is 0 Å². The van der Waals surface area contributed by atoms with Crippen LogP contribution < -0.4 is 9.80 Å². The van der Waals surface area contributed by atoms with Gasteiger partial charge in [0.25, 0.3) is 0 Å². The molecular formula is C34H44N4. The van der Waals surface area contributed by atoms with E-state index in [0.717, 1.165) is 37.6 Å². The first-order valence-electron chi connectivity index (χ1n) is 15.1. The maximum Gasteiger partial charge on any atom is 0.0682 e. The highest BCUT2D eigenvalue weighted by Crippen LogP contribution is 2.28. The van der Waals surface area contributed by atoms with E-state index in [1.165, 1.54) is 99.6 Å². The van der Waals surface area contributed by atoms with Crippen LogP contribution in [0.1, 0.15) is 88.2 Å². The fraction of sp³-hybridized carbons (Fsp3) is 0.471. The fourth-order valence-corrected chi connectivity index (χ4v) is 5.81. The number of fused-ring (bicyclic) bond motifs is 17. The highest BCUT2D eigenvalue weighted by molar-refractivity contribution is 6.14. The molecule has 0 aromatic heterocycles. The van der Waals surface area contributed by atoms with Crippen LogP contribution in [0, 0.1) is 0 Å². The van der Waals surface area contributed by atoms with Crippen LogP contribution in [-0.4, -0.2) is 37.6 Å². The summed E-state index contributed by atoms with van der Waals surface area (Å²) in [5.41, 5.74) is 7.51. The molecule has 0 spiro atoms. The van der Waals surface area contributed by atoms with Gasteiger partial charge in [0, 0.05) is 49.7 Å².